The lowest BCUT2D eigenvalue weighted by Gasteiger charge is -2.28. The summed E-state index contributed by atoms with van der Waals surface area (Å²) in [6.07, 6.45) is 5.78. The molecule has 1 atom stereocenters. The van der Waals surface area contributed by atoms with E-state index in [9.17, 15) is 4.39 Å². The molecule has 2 heteroatoms. The topological polar surface area (TPSA) is 26.0 Å². The average Bonchev–Trinajstić information content (AvgIpc) is 1.92. The van der Waals surface area contributed by atoms with Crippen LogP contribution in [0, 0.1) is 5.92 Å². The van der Waals surface area contributed by atoms with Gasteiger partial charge in [-0.25, -0.2) is 4.39 Å². The highest BCUT2D eigenvalue weighted by molar-refractivity contribution is 5.45. The van der Waals surface area contributed by atoms with Crippen molar-refractivity contribution < 1.29 is 4.39 Å². The molecule has 0 saturated heterocycles. The molecule has 0 fully saturated rings. The summed E-state index contributed by atoms with van der Waals surface area (Å²) in [7, 11) is 0. The minimum absolute atomic E-state index is 0.186. The summed E-state index contributed by atoms with van der Waals surface area (Å²) >= 11 is 0. The normalized spacial score (nSPS) is 29.3. The van der Waals surface area contributed by atoms with Crippen molar-refractivity contribution in [2.24, 2.45) is 11.7 Å². The Balaban J connectivity index is 2.39. The van der Waals surface area contributed by atoms with Gasteiger partial charge in [-0.15, -0.1) is 0 Å². The van der Waals surface area contributed by atoms with E-state index in [1.54, 1.807) is 0 Å². The second-order valence-corrected chi connectivity index (χ2v) is 2.68. The first-order valence-corrected chi connectivity index (χ1v) is 3.31. The molecule has 0 aromatic rings. The number of allylic oxidation sites excluding steroid dienone is 6. The van der Waals surface area contributed by atoms with Gasteiger partial charge in [0.2, 0.25) is 0 Å². The Hall–Kier alpha value is -1.05. The maximum Gasteiger partial charge on any atom is 0.123 e. The fourth-order valence-electron chi connectivity index (χ4n) is 1.35. The van der Waals surface area contributed by atoms with Crippen molar-refractivity contribution in [3.05, 3.63) is 35.3 Å². The van der Waals surface area contributed by atoms with E-state index in [1.165, 1.54) is 12.2 Å². The van der Waals surface area contributed by atoms with Gasteiger partial charge in [-0.2, -0.15) is 0 Å². The predicted octanol–water partition coefficient (Wildman–Crippen LogP) is 1.64. The Morgan fingerprint density at radius 2 is 2.40 bits per heavy atom. The molecule has 0 bridgehead atoms. The third kappa shape index (κ3) is 0.618. The summed E-state index contributed by atoms with van der Waals surface area (Å²) in [4.78, 5) is 0. The van der Waals surface area contributed by atoms with Crippen LogP contribution in [-0.2, 0) is 0 Å². The van der Waals surface area contributed by atoms with E-state index < -0.39 is 0 Å². The van der Waals surface area contributed by atoms with Gasteiger partial charge in [0.1, 0.15) is 5.83 Å². The lowest BCUT2D eigenvalue weighted by molar-refractivity contribution is 0.607. The number of rotatable bonds is 0. The Morgan fingerprint density at radius 1 is 1.60 bits per heavy atom. The monoisotopic (exact) mass is 137 g/mol. The lowest BCUT2D eigenvalue weighted by atomic mass is 9.79. The fourth-order valence-corrected chi connectivity index (χ4v) is 1.35. The zero-order chi connectivity index (χ0) is 7.14. The van der Waals surface area contributed by atoms with Crippen molar-refractivity contribution >= 4 is 0 Å². The van der Waals surface area contributed by atoms with Crippen molar-refractivity contribution in [2.75, 3.05) is 0 Å². The van der Waals surface area contributed by atoms with Crippen LogP contribution in [0.15, 0.2) is 35.3 Å². The van der Waals surface area contributed by atoms with Crippen LogP contribution in [0.25, 0.3) is 0 Å². The van der Waals surface area contributed by atoms with Gasteiger partial charge in [-0.3, -0.25) is 0 Å². The van der Waals surface area contributed by atoms with Gasteiger partial charge in [-0.05, 0) is 24.1 Å². The molecular weight excluding hydrogens is 129 g/mol. The van der Waals surface area contributed by atoms with E-state index in [1.807, 2.05) is 6.08 Å². The molecule has 1 unspecified atom stereocenters. The van der Waals surface area contributed by atoms with Crippen LogP contribution < -0.4 is 5.73 Å². The van der Waals surface area contributed by atoms with Gasteiger partial charge in [0.25, 0.3) is 0 Å². The second kappa shape index (κ2) is 1.72. The SMILES string of the molecule is NC1=C2C=C(F)C=CC2C1. The minimum atomic E-state index is -0.186. The number of nitrogens with two attached hydrogens (primary N) is 1. The summed E-state index contributed by atoms with van der Waals surface area (Å²) in [5, 5.41) is 0. The first-order valence-electron chi connectivity index (χ1n) is 3.31. The molecule has 0 heterocycles. The van der Waals surface area contributed by atoms with Crippen molar-refractivity contribution in [1.82, 2.24) is 0 Å². The van der Waals surface area contributed by atoms with E-state index in [2.05, 4.69) is 0 Å². The molecule has 0 amide bonds. The first kappa shape index (κ1) is 5.71. The van der Waals surface area contributed by atoms with Crippen molar-refractivity contribution in [3.63, 3.8) is 0 Å². The molecule has 0 saturated carbocycles. The predicted molar refractivity (Wildman–Crippen MR) is 37.7 cm³/mol. The molecule has 0 radical (unpaired) electrons. The van der Waals surface area contributed by atoms with Crippen molar-refractivity contribution in [2.45, 2.75) is 6.42 Å². The molecule has 0 spiro atoms. The first-order chi connectivity index (χ1) is 4.77. The number of halogens is 1. The molecule has 52 valence electrons. The van der Waals surface area contributed by atoms with Crippen LogP contribution in [0.3, 0.4) is 0 Å². The molecule has 10 heavy (non-hydrogen) atoms. The minimum Gasteiger partial charge on any atom is -0.402 e. The third-order valence-electron chi connectivity index (χ3n) is 1.99. The summed E-state index contributed by atoms with van der Waals surface area (Å²) in [6.45, 7) is 0. The molecule has 2 N–H and O–H groups in total. The largest absolute Gasteiger partial charge is 0.402 e. The third-order valence-corrected chi connectivity index (χ3v) is 1.99. The van der Waals surface area contributed by atoms with Crippen LogP contribution in [0.4, 0.5) is 4.39 Å². The summed E-state index contributed by atoms with van der Waals surface area (Å²) < 4.78 is 12.5. The van der Waals surface area contributed by atoms with Crippen LogP contribution in [0.5, 0.6) is 0 Å². The molecule has 1 nitrogen and oxygen atoms in total. The quantitative estimate of drug-likeness (QED) is 0.539. The lowest BCUT2D eigenvalue weighted by Crippen LogP contribution is -2.22. The highest BCUT2D eigenvalue weighted by Gasteiger charge is 2.26. The zero-order valence-electron chi connectivity index (χ0n) is 5.47. The molecular formula is C8H8FN. The van der Waals surface area contributed by atoms with E-state index in [0.717, 1.165) is 17.7 Å². The van der Waals surface area contributed by atoms with Gasteiger partial charge in [0.15, 0.2) is 0 Å². The van der Waals surface area contributed by atoms with Crippen LogP contribution in [0.2, 0.25) is 0 Å². The van der Waals surface area contributed by atoms with Gasteiger partial charge in [-0.1, -0.05) is 6.08 Å². The van der Waals surface area contributed by atoms with E-state index in [0.29, 0.717) is 5.92 Å². The molecule has 2 rings (SSSR count). The summed E-state index contributed by atoms with van der Waals surface area (Å²) in [5.74, 6) is 0.216. The van der Waals surface area contributed by atoms with E-state index in [4.69, 9.17) is 5.73 Å². The van der Waals surface area contributed by atoms with Crippen molar-refractivity contribution in [3.8, 4) is 0 Å². The molecule has 2 aliphatic rings. The van der Waals surface area contributed by atoms with Crippen LogP contribution >= 0.6 is 0 Å². The smallest absolute Gasteiger partial charge is 0.123 e. The Labute approximate surface area is 58.7 Å². The summed E-state index contributed by atoms with van der Waals surface area (Å²) in [5.41, 5.74) is 7.34. The Bertz CT molecular complexity index is 260. The van der Waals surface area contributed by atoms with Gasteiger partial charge >= 0.3 is 0 Å². The van der Waals surface area contributed by atoms with Crippen LogP contribution in [0.1, 0.15) is 6.42 Å². The molecule has 0 aromatic carbocycles. The molecule has 0 aliphatic heterocycles. The number of fused-ring (bicyclic) bond motifs is 1. The number of hydrogen-bond acceptors (Lipinski definition) is 1. The maximum absolute atomic E-state index is 12.5. The maximum atomic E-state index is 12.5. The summed E-state index contributed by atoms with van der Waals surface area (Å²) in [6, 6.07) is 0. The van der Waals surface area contributed by atoms with E-state index in [-0.39, 0.29) is 5.83 Å². The number of hydrogen-bond donors (Lipinski definition) is 1. The van der Waals surface area contributed by atoms with E-state index >= 15 is 0 Å². The Kier molecular flexibility index (Phi) is 0.982. The Morgan fingerprint density at radius 3 is 3.00 bits per heavy atom. The van der Waals surface area contributed by atoms with Crippen molar-refractivity contribution in [1.29, 1.82) is 0 Å². The standard InChI is InChI=1S/C8H8FN/c9-6-2-1-5-3-8(10)7(5)4-6/h1-2,4-5H,3,10H2. The second-order valence-electron chi connectivity index (χ2n) is 2.68. The zero-order valence-corrected chi connectivity index (χ0v) is 5.47. The highest BCUT2D eigenvalue weighted by Crippen LogP contribution is 2.37. The van der Waals surface area contributed by atoms with Gasteiger partial charge in [0, 0.05) is 11.6 Å². The fraction of sp³-hybridized carbons (Fsp3) is 0.250. The molecule has 2 aliphatic carbocycles. The van der Waals surface area contributed by atoms with Gasteiger partial charge < -0.3 is 5.73 Å². The van der Waals surface area contributed by atoms with Gasteiger partial charge in [0.05, 0.1) is 0 Å². The average molecular weight is 137 g/mol. The molecule has 0 aromatic heterocycles. The highest BCUT2D eigenvalue weighted by atomic mass is 19.1. The van der Waals surface area contributed by atoms with Crippen LogP contribution in [-0.4, -0.2) is 0 Å².